The van der Waals surface area contributed by atoms with E-state index in [9.17, 15) is 0 Å². The summed E-state index contributed by atoms with van der Waals surface area (Å²) < 4.78 is 0. The van der Waals surface area contributed by atoms with E-state index < -0.39 is 0 Å². The number of hydrogen-bond donors (Lipinski definition) is 1. The van der Waals surface area contributed by atoms with Crippen molar-refractivity contribution in [1.82, 2.24) is 4.98 Å². The van der Waals surface area contributed by atoms with Crippen molar-refractivity contribution in [3.05, 3.63) is 39.3 Å². The van der Waals surface area contributed by atoms with Crippen molar-refractivity contribution in [2.24, 2.45) is 0 Å². The van der Waals surface area contributed by atoms with E-state index >= 15 is 0 Å². The van der Waals surface area contributed by atoms with E-state index in [1.165, 1.54) is 5.01 Å². The van der Waals surface area contributed by atoms with Crippen LogP contribution in [0.4, 0.5) is 5.69 Å². The molecule has 2 nitrogen and oxygen atoms in total. The van der Waals surface area contributed by atoms with Gasteiger partial charge in [0.05, 0.1) is 15.7 Å². The molecule has 0 radical (unpaired) electrons. The van der Waals surface area contributed by atoms with Gasteiger partial charge >= 0.3 is 0 Å². The van der Waals surface area contributed by atoms with Crippen molar-refractivity contribution in [2.75, 3.05) is 5.73 Å². The first-order valence-corrected chi connectivity index (χ1v) is 8.23. The van der Waals surface area contributed by atoms with Gasteiger partial charge in [0.25, 0.3) is 0 Å². The molecule has 0 aliphatic rings. The molecule has 0 aliphatic heterocycles. The van der Waals surface area contributed by atoms with E-state index in [2.05, 4.69) is 31.1 Å². The van der Waals surface area contributed by atoms with Gasteiger partial charge in [0.15, 0.2) is 0 Å². The van der Waals surface area contributed by atoms with Gasteiger partial charge in [0.2, 0.25) is 0 Å². The van der Waals surface area contributed by atoms with E-state index in [4.69, 9.17) is 17.3 Å². The van der Waals surface area contributed by atoms with Crippen LogP contribution in [0.15, 0.2) is 28.5 Å². The third-order valence-corrected chi connectivity index (χ3v) is 5.37. The number of nitrogens with zero attached hydrogens (tertiary/aromatic N) is 1. The average Bonchev–Trinajstić information content (AvgIpc) is 2.76. The molecule has 0 bridgehead atoms. The molecule has 2 N–H and O–H groups in total. The van der Waals surface area contributed by atoms with E-state index in [1.54, 1.807) is 29.2 Å². The Labute approximate surface area is 127 Å². The minimum atomic E-state index is 0.117. The predicted molar refractivity (Wildman–Crippen MR) is 86.2 cm³/mol. The van der Waals surface area contributed by atoms with Gasteiger partial charge in [-0.05, 0) is 18.2 Å². The number of benzene rings is 1. The molecule has 0 aliphatic carbocycles. The lowest BCUT2D eigenvalue weighted by atomic mass is 9.98. The molecule has 0 saturated carbocycles. The van der Waals surface area contributed by atoms with Crippen molar-refractivity contribution in [3.8, 4) is 0 Å². The summed E-state index contributed by atoms with van der Waals surface area (Å²) in [5, 5.41) is 4.00. The summed E-state index contributed by atoms with van der Waals surface area (Å²) in [5.74, 6) is 0.830. The lowest BCUT2D eigenvalue weighted by Gasteiger charge is -2.13. The van der Waals surface area contributed by atoms with Crippen molar-refractivity contribution in [3.63, 3.8) is 0 Å². The molecule has 2 rings (SSSR count). The smallest absolute Gasteiger partial charge is 0.0982 e. The summed E-state index contributed by atoms with van der Waals surface area (Å²) in [6, 6.07) is 5.61. The molecule has 0 amide bonds. The van der Waals surface area contributed by atoms with E-state index in [1.807, 2.05) is 12.1 Å². The Morgan fingerprint density at radius 3 is 2.68 bits per heavy atom. The quantitative estimate of drug-likeness (QED) is 0.642. The Balaban J connectivity index is 2.04. The summed E-state index contributed by atoms with van der Waals surface area (Å²) in [6.45, 7) is 6.54. The van der Waals surface area contributed by atoms with Crippen LogP contribution in [-0.4, -0.2) is 4.98 Å². The summed E-state index contributed by atoms with van der Waals surface area (Å²) in [6.07, 6.45) is 0. The fraction of sp³-hybridized carbons (Fsp3) is 0.357. The highest BCUT2D eigenvalue weighted by Gasteiger charge is 2.18. The standard InChI is InChI=1S/C14H17ClN2S2/c1-14(2,3)13-17-10(8-19-13)7-18-12-5-4-9(16)6-11(12)15/h4-6,8H,7,16H2,1-3H3. The molecule has 0 atom stereocenters. The van der Waals surface area contributed by atoms with Crippen LogP contribution in [0.25, 0.3) is 0 Å². The fourth-order valence-electron chi connectivity index (χ4n) is 1.50. The highest BCUT2D eigenvalue weighted by molar-refractivity contribution is 7.98. The molecule has 1 aromatic heterocycles. The molecule has 102 valence electrons. The second-order valence-corrected chi connectivity index (χ2v) is 7.66. The van der Waals surface area contributed by atoms with Gasteiger partial charge in [0.1, 0.15) is 0 Å². The molecule has 1 heterocycles. The van der Waals surface area contributed by atoms with Crippen LogP contribution >= 0.6 is 34.7 Å². The number of nitrogen functional groups attached to an aromatic ring is 1. The van der Waals surface area contributed by atoms with Gasteiger partial charge in [-0.3, -0.25) is 0 Å². The summed E-state index contributed by atoms with van der Waals surface area (Å²) in [5.41, 5.74) is 7.60. The first-order valence-electron chi connectivity index (χ1n) is 5.99. The third kappa shape index (κ3) is 3.88. The summed E-state index contributed by atoms with van der Waals surface area (Å²) >= 11 is 9.57. The Kier molecular flexibility index (Phi) is 4.43. The van der Waals surface area contributed by atoms with Gasteiger partial charge in [-0.2, -0.15) is 0 Å². The zero-order chi connectivity index (χ0) is 14.0. The molecule has 0 saturated heterocycles. The first-order chi connectivity index (χ1) is 8.86. The molecule has 2 aromatic rings. The minimum Gasteiger partial charge on any atom is -0.399 e. The number of aromatic nitrogens is 1. The summed E-state index contributed by atoms with van der Waals surface area (Å²) in [7, 11) is 0. The lowest BCUT2D eigenvalue weighted by Crippen LogP contribution is -2.10. The number of nitrogens with two attached hydrogens (primary N) is 1. The second kappa shape index (κ2) is 5.73. The number of rotatable bonds is 3. The highest BCUT2D eigenvalue weighted by Crippen LogP contribution is 2.32. The Morgan fingerprint density at radius 1 is 1.37 bits per heavy atom. The predicted octanol–water partition coefficient (Wildman–Crippen LogP) is 4.97. The van der Waals surface area contributed by atoms with Crippen molar-refractivity contribution < 1.29 is 0 Å². The molecular formula is C14H17ClN2S2. The number of hydrogen-bond acceptors (Lipinski definition) is 4. The third-order valence-electron chi connectivity index (χ3n) is 2.52. The molecule has 0 spiro atoms. The number of thioether (sulfide) groups is 1. The highest BCUT2D eigenvalue weighted by atomic mass is 35.5. The lowest BCUT2D eigenvalue weighted by molar-refractivity contribution is 0.584. The number of halogens is 1. The number of thiazole rings is 1. The van der Waals surface area contributed by atoms with Crippen LogP contribution in [0.2, 0.25) is 5.02 Å². The summed E-state index contributed by atoms with van der Waals surface area (Å²) in [4.78, 5) is 5.72. The monoisotopic (exact) mass is 312 g/mol. The van der Waals surface area contributed by atoms with E-state index in [0.717, 1.165) is 16.3 Å². The van der Waals surface area contributed by atoms with E-state index in [0.29, 0.717) is 10.7 Å². The average molecular weight is 313 g/mol. The zero-order valence-corrected chi connectivity index (χ0v) is 13.6. The number of anilines is 1. The SMILES string of the molecule is CC(C)(C)c1nc(CSc2ccc(N)cc2Cl)cs1. The Hall–Kier alpha value is -0.710. The van der Waals surface area contributed by atoms with Gasteiger partial charge in [-0.25, -0.2) is 4.98 Å². The van der Waals surface area contributed by atoms with Crippen molar-refractivity contribution >= 4 is 40.4 Å². The molecule has 5 heteroatoms. The maximum Gasteiger partial charge on any atom is 0.0982 e. The van der Waals surface area contributed by atoms with Crippen LogP contribution in [0.3, 0.4) is 0 Å². The Morgan fingerprint density at radius 2 is 2.11 bits per heavy atom. The first kappa shape index (κ1) is 14.7. The van der Waals surface area contributed by atoms with Gasteiger partial charge < -0.3 is 5.73 Å². The maximum atomic E-state index is 6.15. The minimum absolute atomic E-state index is 0.117. The maximum absolute atomic E-state index is 6.15. The van der Waals surface area contributed by atoms with Crippen LogP contribution in [0, 0.1) is 0 Å². The topological polar surface area (TPSA) is 38.9 Å². The van der Waals surface area contributed by atoms with Crippen LogP contribution in [-0.2, 0) is 11.2 Å². The zero-order valence-electron chi connectivity index (χ0n) is 11.2. The Bertz CT molecular complexity index is 573. The van der Waals surface area contributed by atoms with E-state index in [-0.39, 0.29) is 5.41 Å². The molecule has 1 aromatic carbocycles. The second-order valence-electron chi connectivity index (χ2n) is 5.37. The van der Waals surface area contributed by atoms with Crippen LogP contribution in [0.1, 0.15) is 31.5 Å². The van der Waals surface area contributed by atoms with Crippen molar-refractivity contribution in [2.45, 2.75) is 36.8 Å². The molecule has 19 heavy (non-hydrogen) atoms. The molecule has 0 unspecified atom stereocenters. The van der Waals surface area contributed by atoms with Crippen LogP contribution < -0.4 is 5.73 Å². The van der Waals surface area contributed by atoms with Gasteiger partial charge in [-0.15, -0.1) is 23.1 Å². The normalized spacial score (nSPS) is 11.8. The molecular weight excluding hydrogens is 296 g/mol. The van der Waals surface area contributed by atoms with Crippen molar-refractivity contribution in [1.29, 1.82) is 0 Å². The fourth-order valence-corrected chi connectivity index (χ4v) is 3.68. The van der Waals surface area contributed by atoms with Gasteiger partial charge in [-0.1, -0.05) is 32.4 Å². The van der Waals surface area contributed by atoms with Gasteiger partial charge in [0, 0.05) is 27.1 Å². The largest absolute Gasteiger partial charge is 0.399 e. The molecule has 0 fully saturated rings. The van der Waals surface area contributed by atoms with Crippen LogP contribution in [0.5, 0.6) is 0 Å².